The lowest BCUT2D eigenvalue weighted by Crippen LogP contribution is -2.05. The van der Waals surface area contributed by atoms with Crippen molar-refractivity contribution in [1.82, 2.24) is 0 Å². The average Bonchev–Trinajstić information content (AvgIpc) is 2.93. The molecule has 0 radical (unpaired) electrons. The maximum Gasteiger partial charge on any atom is 0.333 e. The quantitative estimate of drug-likeness (QED) is 0.123. The van der Waals surface area contributed by atoms with Crippen molar-refractivity contribution in [2.75, 3.05) is 11.9 Å². The first-order valence-electron chi connectivity index (χ1n) is 14.0. The number of para-hydroxylation sites is 2. The molecular formula is C33H50N2O3. The minimum atomic E-state index is -0.481. The van der Waals surface area contributed by atoms with Crippen LogP contribution < -0.4 is 11.1 Å². The summed E-state index contributed by atoms with van der Waals surface area (Å²) in [4.78, 5) is 20.6. The largest absolute Gasteiger partial charge is 0.462 e. The molecule has 5 nitrogen and oxygen atoms in total. The van der Waals surface area contributed by atoms with E-state index in [1.807, 2.05) is 60.7 Å². The molecule has 0 fully saturated rings. The number of primary amides is 1. The zero-order valence-corrected chi connectivity index (χ0v) is 23.8. The highest BCUT2D eigenvalue weighted by Crippen LogP contribution is 2.14. The van der Waals surface area contributed by atoms with Crippen LogP contribution in [0.2, 0.25) is 0 Å². The number of rotatable bonds is 17. The van der Waals surface area contributed by atoms with Crippen molar-refractivity contribution >= 4 is 23.3 Å². The van der Waals surface area contributed by atoms with Crippen LogP contribution in [0.3, 0.4) is 0 Å². The van der Waals surface area contributed by atoms with Gasteiger partial charge >= 0.3 is 5.97 Å². The second-order valence-electron chi connectivity index (χ2n) is 9.27. The van der Waals surface area contributed by atoms with Gasteiger partial charge in [0.15, 0.2) is 0 Å². The molecule has 2 aromatic rings. The van der Waals surface area contributed by atoms with E-state index in [2.05, 4.69) is 31.1 Å². The van der Waals surface area contributed by atoms with Crippen LogP contribution in [0.1, 0.15) is 90.9 Å². The van der Waals surface area contributed by atoms with Gasteiger partial charge in [-0.15, -0.1) is 0 Å². The van der Waals surface area contributed by atoms with Crippen molar-refractivity contribution in [2.45, 2.75) is 90.9 Å². The molecule has 0 heterocycles. The topological polar surface area (TPSA) is 81.4 Å². The van der Waals surface area contributed by atoms with Gasteiger partial charge in [-0.1, -0.05) is 127 Å². The summed E-state index contributed by atoms with van der Waals surface area (Å²) in [6, 6.07) is 20.3. The van der Waals surface area contributed by atoms with Gasteiger partial charge < -0.3 is 15.8 Å². The average molecular weight is 523 g/mol. The molecule has 0 aliphatic rings. The predicted octanol–water partition coefficient (Wildman–Crippen LogP) is 8.89. The van der Waals surface area contributed by atoms with Crippen molar-refractivity contribution in [1.29, 1.82) is 0 Å². The number of hydrogen-bond donors (Lipinski definition) is 2. The summed E-state index contributed by atoms with van der Waals surface area (Å²) in [5, 5.41) is 3.30. The lowest BCUT2D eigenvalue weighted by molar-refractivity contribution is -0.139. The monoisotopic (exact) mass is 522 g/mol. The molecule has 2 rings (SSSR count). The van der Waals surface area contributed by atoms with Crippen molar-refractivity contribution in [2.24, 2.45) is 5.73 Å². The summed E-state index contributed by atoms with van der Waals surface area (Å²) in [7, 11) is 0. The van der Waals surface area contributed by atoms with Crippen molar-refractivity contribution in [3.8, 4) is 0 Å². The Morgan fingerprint density at radius 2 is 1.13 bits per heavy atom. The van der Waals surface area contributed by atoms with Crippen LogP contribution in [-0.2, 0) is 14.3 Å². The van der Waals surface area contributed by atoms with Crippen molar-refractivity contribution in [3.63, 3.8) is 0 Å². The molecule has 5 heteroatoms. The number of amides is 1. The molecule has 3 N–H and O–H groups in total. The number of ether oxygens (including phenoxy) is 1. The molecule has 38 heavy (non-hydrogen) atoms. The first kappa shape index (κ1) is 34.7. The van der Waals surface area contributed by atoms with E-state index >= 15 is 0 Å². The van der Waals surface area contributed by atoms with Gasteiger partial charge in [0.1, 0.15) is 0 Å². The zero-order chi connectivity index (χ0) is 28.3. The Bertz CT molecular complexity index is 829. The van der Waals surface area contributed by atoms with Gasteiger partial charge in [-0.05, 0) is 43.7 Å². The molecule has 0 aromatic heterocycles. The SMILES string of the molecule is C=C(C)C(=O)OCCCCCCCCCCCCCC.C=CC(N)=O.c1ccc(Nc2ccccc2)cc1. The minimum Gasteiger partial charge on any atom is -0.462 e. The maximum absolute atomic E-state index is 11.1. The number of benzene rings is 2. The molecule has 0 spiro atoms. The third kappa shape index (κ3) is 23.1. The molecule has 0 saturated carbocycles. The molecule has 0 bridgehead atoms. The molecule has 1 amide bonds. The molecule has 0 saturated heterocycles. The van der Waals surface area contributed by atoms with Crippen LogP contribution in [0, 0.1) is 0 Å². The lowest BCUT2D eigenvalue weighted by Gasteiger charge is -2.04. The van der Waals surface area contributed by atoms with Crippen molar-refractivity contribution in [3.05, 3.63) is 85.5 Å². The van der Waals surface area contributed by atoms with Gasteiger partial charge in [0, 0.05) is 16.9 Å². The Kier molecular flexibility index (Phi) is 23.1. The molecular weight excluding hydrogens is 472 g/mol. The van der Waals surface area contributed by atoms with Gasteiger partial charge in [0.05, 0.1) is 6.61 Å². The second kappa shape index (κ2) is 25.3. The number of hydrogen-bond acceptors (Lipinski definition) is 4. The summed E-state index contributed by atoms with van der Waals surface area (Å²) in [6.45, 7) is 11.1. The third-order valence-electron chi connectivity index (χ3n) is 5.62. The van der Waals surface area contributed by atoms with Crippen LogP contribution in [0.15, 0.2) is 85.5 Å². The number of nitrogens with two attached hydrogens (primary N) is 1. The normalized spacial score (nSPS) is 9.63. The highest BCUT2D eigenvalue weighted by atomic mass is 16.5. The van der Waals surface area contributed by atoms with Crippen LogP contribution in [0.4, 0.5) is 11.4 Å². The fourth-order valence-corrected chi connectivity index (χ4v) is 3.44. The predicted molar refractivity (Wildman–Crippen MR) is 162 cm³/mol. The van der Waals surface area contributed by atoms with E-state index in [0.717, 1.165) is 23.9 Å². The molecule has 0 aliphatic heterocycles. The Balaban J connectivity index is 0.000000643. The smallest absolute Gasteiger partial charge is 0.333 e. The highest BCUT2D eigenvalue weighted by Gasteiger charge is 2.01. The Hall–Kier alpha value is -3.34. The second-order valence-corrected chi connectivity index (χ2v) is 9.27. The standard InChI is InChI=1S/C18H34O2.C12H11N.C3H5NO/c1-4-5-6-7-8-9-10-11-12-13-14-15-16-20-18(19)17(2)3;1-3-7-11(8-4-1)13-12-9-5-2-6-10-12;1-2-3(4)5/h2,4-16H2,1,3H3;1-10,13H;2H,1H2,(H2,4,5). The summed E-state index contributed by atoms with van der Waals surface area (Å²) < 4.78 is 5.06. The molecule has 2 aromatic carbocycles. The number of carbonyl (C=O) groups excluding carboxylic acids is 2. The van der Waals surface area contributed by atoms with Gasteiger partial charge in [-0.2, -0.15) is 0 Å². The summed E-state index contributed by atoms with van der Waals surface area (Å²) in [5.74, 6) is -0.738. The minimum absolute atomic E-state index is 0.256. The lowest BCUT2D eigenvalue weighted by atomic mass is 10.1. The van der Waals surface area contributed by atoms with Gasteiger partial charge in [-0.3, -0.25) is 4.79 Å². The number of nitrogens with one attached hydrogen (secondary N) is 1. The fraction of sp³-hybridized carbons (Fsp3) is 0.455. The first-order valence-corrected chi connectivity index (χ1v) is 14.0. The van der Waals surface area contributed by atoms with E-state index in [1.165, 1.54) is 70.6 Å². The summed E-state index contributed by atoms with van der Waals surface area (Å²) >= 11 is 0. The first-order chi connectivity index (χ1) is 18.4. The van der Waals surface area contributed by atoms with Crippen LogP contribution in [-0.4, -0.2) is 18.5 Å². The summed E-state index contributed by atoms with van der Waals surface area (Å²) in [6.07, 6.45) is 16.9. The number of esters is 1. The molecule has 0 atom stereocenters. The Morgan fingerprint density at radius 3 is 1.47 bits per heavy atom. The highest BCUT2D eigenvalue weighted by molar-refractivity contribution is 5.86. The Labute approximate surface area is 231 Å². The molecule has 210 valence electrons. The Morgan fingerprint density at radius 1 is 0.763 bits per heavy atom. The molecule has 0 aliphatic carbocycles. The zero-order valence-electron chi connectivity index (χ0n) is 23.8. The maximum atomic E-state index is 11.1. The number of carbonyl (C=O) groups is 2. The van der Waals surface area contributed by atoms with Crippen LogP contribution in [0.25, 0.3) is 0 Å². The van der Waals surface area contributed by atoms with E-state index in [9.17, 15) is 9.59 Å². The molecule has 0 unspecified atom stereocenters. The third-order valence-corrected chi connectivity index (χ3v) is 5.62. The summed E-state index contributed by atoms with van der Waals surface area (Å²) in [5.41, 5.74) is 7.26. The van der Waals surface area contributed by atoms with Gasteiger partial charge in [0.2, 0.25) is 5.91 Å². The van der Waals surface area contributed by atoms with Gasteiger partial charge in [-0.25, -0.2) is 4.79 Å². The fourth-order valence-electron chi connectivity index (χ4n) is 3.44. The van der Waals surface area contributed by atoms with E-state index in [4.69, 9.17) is 4.74 Å². The number of unbranched alkanes of at least 4 members (excludes halogenated alkanes) is 11. The van der Waals surface area contributed by atoms with Crippen LogP contribution >= 0.6 is 0 Å². The van der Waals surface area contributed by atoms with E-state index in [1.54, 1.807) is 6.92 Å². The van der Waals surface area contributed by atoms with E-state index in [0.29, 0.717) is 12.2 Å². The van der Waals surface area contributed by atoms with Crippen molar-refractivity contribution < 1.29 is 14.3 Å². The number of anilines is 2. The van der Waals surface area contributed by atoms with Gasteiger partial charge in [0.25, 0.3) is 0 Å². The van der Waals surface area contributed by atoms with Crippen LogP contribution in [0.5, 0.6) is 0 Å². The van der Waals surface area contributed by atoms with E-state index in [-0.39, 0.29) is 5.97 Å². The van der Waals surface area contributed by atoms with E-state index < -0.39 is 5.91 Å².